The third-order valence-corrected chi connectivity index (χ3v) is 5.76. The van der Waals surface area contributed by atoms with Gasteiger partial charge in [0.2, 0.25) is 0 Å². The van der Waals surface area contributed by atoms with Gasteiger partial charge >= 0.3 is 0 Å². The molecule has 1 saturated carbocycles. The van der Waals surface area contributed by atoms with E-state index in [0.717, 1.165) is 0 Å². The van der Waals surface area contributed by atoms with Crippen LogP contribution in [0.25, 0.3) is 4.96 Å². The van der Waals surface area contributed by atoms with E-state index in [1.165, 1.54) is 11.3 Å². The lowest BCUT2D eigenvalue weighted by Gasteiger charge is -2.34. The van der Waals surface area contributed by atoms with Crippen molar-refractivity contribution >= 4 is 32.1 Å². The van der Waals surface area contributed by atoms with E-state index in [4.69, 9.17) is 4.74 Å². The Labute approximate surface area is 121 Å². The normalized spacial score (nSPS) is 22.9. The molecule has 3 rings (SSSR count). The smallest absolute Gasteiger partial charge is 0.260 e. The Morgan fingerprint density at radius 3 is 2.90 bits per heavy atom. The molecule has 2 aromatic rings. The van der Waals surface area contributed by atoms with Gasteiger partial charge in [-0.05, 0) is 12.8 Å². The molecule has 1 fully saturated rings. The zero-order valence-electron chi connectivity index (χ0n) is 11.2. The first-order chi connectivity index (χ1) is 9.55. The predicted octanol–water partition coefficient (Wildman–Crippen LogP) is 0.893. The molecule has 0 amide bonds. The van der Waals surface area contributed by atoms with Crippen molar-refractivity contribution in [1.82, 2.24) is 14.1 Å². The topological polar surface area (TPSA) is 84.7 Å². The lowest BCUT2D eigenvalue weighted by molar-refractivity contribution is 0.0236. The summed E-state index contributed by atoms with van der Waals surface area (Å²) in [6.45, 7) is 0. The maximum Gasteiger partial charge on any atom is 0.260 e. The molecule has 1 aliphatic carbocycles. The van der Waals surface area contributed by atoms with Crippen LogP contribution in [-0.4, -0.2) is 44.1 Å². The predicted molar refractivity (Wildman–Crippen MR) is 76.8 cm³/mol. The monoisotopic (exact) mass is 316 g/mol. The lowest BCUT2D eigenvalue weighted by Crippen LogP contribution is -2.47. The molecule has 1 aliphatic rings. The van der Waals surface area contributed by atoms with Crippen LogP contribution in [0.3, 0.4) is 0 Å². The second kappa shape index (κ2) is 4.99. The number of ether oxygens (including phenoxy) is 1. The summed E-state index contributed by atoms with van der Waals surface area (Å²) in [6.07, 6.45) is 3.27. The number of rotatable bonds is 5. The molecule has 0 unspecified atom stereocenters. The molecule has 2 N–H and O–H groups in total. The second-order valence-electron chi connectivity index (χ2n) is 4.72. The van der Waals surface area contributed by atoms with Gasteiger partial charge in [0.25, 0.3) is 10.0 Å². The molecule has 0 atom stereocenters. The van der Waals surface area contributed by atoms with Crippen molar-refractivity contribution in [3.63, 3.8) is 0 Å². The zero-order valence-corrected chi connectivity index (χ0v) is 12.8. The van der Waals surface area contributed by atoms with Crippen molar-refractivity contribution in [2.24, 2.45) is 0 Å². The summed E-state index contributed by atoms with van der Waals surface area (Å²) in [6, 6.07) is -0.0705. The fourth-order valence-corrected chi connectivity index (χ4v) is 4.64. The number of hydrogen-bond donors (Lipinski definition) is 2. The maximum absolute atomic E-state index is 12.5. The van der Waals surface area contributed by atoms with Gasteiger partial charge in [-0.3, -0.25) is 4.40 Å². The fraction of sp³-hybridized carbons (Fsp3) is 0.545. The van der Waals surface area contributed by atoms with E-state index in [9.17, 15) is 8.42 Å². The van der Waals surface area contributed by atoms with Gasteiger partial charge in [-0.15, -0.1) is 11.3 Å². The molecule has 0 aromatic carbocycles. The minimum absolute atomic E-state index is 0.0705. The Kier molecular flexibility index (Phi) is 3.44. The summed E-state index contributed by atoms with van der Waals surface area (Å²) in [5, 5.41) is 4.81. The molecule has 0 radical (unpaired) electrons. The summed E-state index contributed by atoms with van der Waals surface area (Å²) >= 11 is 1.40. The van der Waals surface area contributed by atoms with E-state index in [1.54, 1.807) is 24.8 Å². The van der Waals surface area contributed by atoms with E-state index >= 15 is 0 Å². The molecule has 0 bridgehead atoms. The van der Waals surface area contributed by atoms with Crippen LogP contribution in [0.5, 0.6) is 0 Å². The quantitative estimate of drug-likeness (QED) is 0.856. The number of fused-ring (bicyclic) bond motifs is 1. The Hall–Kier alpha value is -1.16. The van der Waals surface area contributed by atoms with E-state index in [-0.39, 0.29) is 17.2 Å². The molecule has 2 aromatic heterocycles. The summed E-state index contributed by atoms with van der Waals surface area (Å²) in [5.41, 5.74) is 0. The molecule has 110 valence electrons. The minimum Gasteiger partial charge on any atom is -0.381 e. The highest BCUT2D eigenvalue weighted by Crippen LogP contribution is 2.28. The summed E-state index contributed by atoms with van der Waals surface area (Å²) in [5.74, 6) is 0.368. The number of hydrogen-bond acceptors (Lipinski definition) is 6. The van der Waals surface area contributed by atoms with Crippen molar-refractivity contribution in [1.29, 1.82) is 0 Å². The lowest BCUT2D eigenvalue weighted by atomic mass is 9.90. The number of aromatic nitrogens is 2. The molecular formula is C11H16N4O3S2. The van der Waals surface area contributed by atoms with Crippen LogP contribution in [-0.2, 0) is 14.8 Å². The van der Waals surface area contributed by atoms with Gasteiger partial charge in [0.05, 0.1) is 6.10 Å². The Morgan fingerprint density at radius 1 is 1.50 bits per heavy atom. The summed E-state index contributed by atoms with van der Waals surface area (Å²) in [4.78, 5) is 4.92. The molecule has 9 heteroatoms. The van der Waals surface area contributed by atoms with Crippen LogP contribution in [0.1, 0.15) is 12.8 Å². The molecule has 0 aliphatic heterocycles. The van der Waals surface area contributed by atoms with Crippen molar-refractivity contribution in [3.05, 3.63) is 11.6 Å². The number of nitrogens with one attached hydrogen (secondary N) is 2. The van der Waals surface area contributed by atoms with Gasteiger partial charge in [0.1, 0.15) is 0 Å². The first kappa shape index (κ1) is 13.8. The average molecular weight is 316 g/mol. The van der Waals surface area contributed by atoms with Crippen molar-refractivity contribution < 1.29 is 13.2 Å². The highest BCUT2D eigenvalue weighted by atomic mass is 32.2. The molecular weight excluding hydrogens is 300 g/mol. The number of methoxy groups -OCH3 is 1. The van der Waals surface area contributed by atoms with Crippen LogP contribution in [0.2, 0.25) is 0 Å². The van der Waals surface area contributed by atoms with E-state index in [2.05, 4.69) is 15.0 Å². The molecule has 0 saturated heterocycles. The fourth-order valence-electron chi connectivity index (χ4n) is 2.31. The van der Waals surface area contributed by atoms with E-state index < -0.39 is 10.0 Å². The van der Waals surface area contributed by atoms with Gasteiger partial charge < -0.3 is 10.1 Å². The highest BCUT2D eigenvalue weighted by Gasteiger charge is 2.35. The Morgan fingerprint density at radius 2 is 2.25 bits per heavy atom. The summed E-state index contributed by atoms with van der Waals surface area (Å²) in [7, 11) is -0.307. The Bertz CT molecular complexity index is 715. The average Bonchev–Trinajstić information content (AvgIpc) is 2.91. The van der Waals surface area contributed by atoms with Crippen molar-refractivity contribution in [2.45, 2.75) is 30.0 Å². The van der Waals surface area contributed by atoms with Gasteiger partial charge in [-0.2, -0.15) is 0 Å². The van der Waals surface area contributed by atoms with Crippen LogP contribution in [0, 0.1) is 0 Å². The number of nitrogens with zero attached hydrogens (tertiary/aromatic N) is 2. The van der Waals surface area contributed by atoms with Crippen LogP contribution in [0.4, 0.5) is 5.82 Å². The molecule has 0 spiro atoms. The SMILES string of the molecule is CNc1nc2sccn2c1S(=O)(=O)NC1CC(OC)C1. The number of thiazole rings is 1. The standard InChI is InChI=1S/C11H16N4O3S2/c1-12-9-10(15-3-4-19-11(15)13-9)20(16,17)14-7-5-8(6-7)18-2/h3-4,7-8,12,14H,5-6H2,1-2H3. The summed E-state index contributed by atoms with van der Waals surface area (Å²) < 4.78 is 34.5. The molecule has 20 heavy (non-hydrogen) atoms. The minimum atomic E-state index is -3.61. The van der Waals surface area contributed by atoms with Gasteiger partial charge in [-0.25, -0.2) is 18.1 Å². The van der Waals surface area contributed by atoms with Crippen LogP contribution < -0.4 is 10.0 Å². The Balaban J connectivity index is 1.90. The van der Waals surface area contributed by atoms with Crippen LogP contribution in [0.15, 0.2) is 16.6 Å². The van der Waals surface area contributed by atoms with Crippen LogP contribution >= 0.6 is 11.3 Å². The first-order valence-electron chi connectivity index (χ1n) is 6.23. The number of imidazole rings is 1. The van der Waals surface area contributed by atoms with Crippen molar-refractivity contribution in [3.8, 4) is 0 Å². The zero-order chi connectivity index (χ0) is 14.3. The third-order valence-electron chi connectivity index (χ3n) is 3.46. The second-order valence-corrected chi connectivity index (χ2v) is 7.22. The first-order valence-corrected chi connectivity index (χ1v) is 8.60. The van der Waals surface area contributed by atoms with E-state index in [0.29, 0.717) is 23.6 Å². The maximum atomic E-state index is 12.5. The van der Waals surface area contributed by atoms with Gasteiger partial charge in [-0.1, -0.05) is 0 Å². The van der Waals surface area contributed by atoms with E-state index in [1.807, 2.05) is 5.38 Å². The van der Waals surface area contributed by atoms with Crippen molar-refractivity contribution in [2.75, 3.05) is 19.5 Å². The van der Waals surface area contributed by atoms with Gasteiger partial charge in [0, 0.05) is 31.8 Å². The molecule has 2 heterocycles. The molecule has 7 nitrogen and oxygen atoms in total. The van der Waals surface area contributed by atoms with Gasteiger partial charge in [0.15, 0.2) is 15.8 Å². The number of anilines is 1. The highest BCUT2D eigenvalue weighted by molar-refractivity contribution is 7.89. The third kappa shape index (κ3) is 2.20. The largest absolute Gasteiger partial charge is 0.381 e. The number of sulfonamides is 1.